The zero-order valence-electron chi connectivity index (χ0n) is 15.7. The Labute approximate surface area is 162 Å². The van der Waals surface area contributed by atoms with Gasteiger partial charge in [0.2, 0.25) is 0 Å². The molecule has 0 spiro atoms. The first-order valence-corrected chi connectivity index (χ1v) is 9.29. The summed E-state index contributed by atoms with van der Waals surface area (Å²) in [5, 5.41) is 5.46. The van der Waals surface area contributed by atoms with E-state index in [1.54, 1.807) is 4.68 Å². The van der Waals surface area contributed by atoms with Crippen molar-refractivity contribution in [2.24, 2.45) is 13.0 Å². The van der Waals surface area contributed by atoms with Gasteiger partial charge < -0.3 is 4.74 Å². The van der Waals surface area contributed by atoms with Gasteiger partial charge in [-0.05, 0) is 35.8 Å². The molecule has 0 fully saturated rings. The molecule has 138 valence electrons. The second-order valence-corrected chi connectivity index (χ2v) is 7.12. The van der Waals surface area contributed by atoms with E-state index in [-0.39, 0.29) is 18.0 Å². The maximum atomic E-state index is 13.0. The van der Waals surface area contributed by atoms with E-state index >= 15 is 0 Å². The molecule has 5 rings (SSSR count). The quantitative estimate of drug-likeness (QED) is 0.644. The van der Waals surface area contributed by atoms with Crippen molar-refractivity contribution in [2.45, 2.75) is 13.0 Å². The van der Waals surface area contributed by atoms with Crippen molar-refractivity contribution in [3.8, 4) is 0 Å². The van der Waals surface area contributed by atoms with Gasteiger partial charge in [-0.2, -0.15) is 5.10 Å². The van der Waals surface area contributed by atoms with Gasteiger partial charge in [0.1, 0.15) is 6.10 Å². The minimum atomic E-state index is -0.301. The van der Waals surface area contributed by atoms with Gasteiger partial charge in [0.15, 0.2) is 5.65 Å². The minimum Gasteiger partial charge on any atom is -0.454 e. The van der Waals surface area contributed by atoms with Gasteiger partial charge in [0.05, 0.1) is 11.3 Å². The van der Waals surface area contributed by atoms with Crippen LogP contribution in [0.25, 0.3) is 22.2 Å². The van der Waals surface area contributed by atoms with Crippen LogP contribution in [0.2, 0.25) is 0 Å². The largest absolute Gasteiger partial charge is 0.454 e. The molecule has 3 heterocycles. The lowest BCUT2D eigenvalue weighted by Crippen LogP contribution is -2.32. The fourth-order valence-electron chi connectivity index (χ4n) is 4.09. The van der Waals surface area contributed by atoms with Gasteiger partial charge in [0.25, 0.3) is 0 Å². The van der Waals surface area contributed by atoms with Crippen molar-refractivity contribution in [3.05, 3.63) is 83.7 Å². The van der Waals surface area contributed by atoms with Crippen molar-refractivity contribution < 1.29 is 9.53 Å². The van der Waals surface area contributed by atoms with E-state index in [1.165, 1.54) is 0 Å². The van der Waals surface area contributed by atoms with Crippen molar-refractivity contribution in [2.75, 3.05) is 0 Å². The number of fused-ring (bicyclic) bond motifs is 2. The molecule has 1 aromatic carbocycles. The van der Waals surface area contributed by atoms with Gasteiger partial charge in [-0.25, -0.2) is 9.78 Å². The Morgan fingerprint density at radius 3 is 2.68 bits per heavy atom. The third kappa shape index (κ3) is 2.51. The van der Waals surface area contributed by atoms with E-state index in [9.17, 15) is 4.79 Å². The number of benzene rings is 1. The monoisotopic (exact) mass is 369 g/mol. The van der Waals surface area contributed by atoms with Crippen LogP contribution in [0.15, 0.2) is 66.9 Å². The normalized spacial score (nSPS) is 21.1. The molecule has 0 amide bonds. The molecule has 0 saturated carbocycles. The maximum Gasteiger partial charge on any atom is 0.339 e. The molecule has 2 aromatic heterocycles. The summed E-state index contributed by atoms with van der Waals surface area (Å²) in [5.74, 6) is -0.348. The molecule has 3 aromatic rings. The Morgan fingerprint density at radius 1 is 1.07 bits per heavy atom. The first kappa shape index (κ1) is 16.7. The molecule has 5 heteroatoms. The fraction of sp³-hybridized carbons (Fsp3) is 0.174. The van der Waals surface area contributed by atoms with Crippen LogP contribution in [-0.4, -0.2) is 26.8 Å². The van der Waals surface area contributed by atoms with Crippen LogP contribution in [0.1, 0.15) is 16.8 Å². The van der Waals surface area contributed by atoms with Gasteiger partial charge in [-0.15, -0.1) is 0 Å². The number of aromatic nitrogens is 3. The highest BCUT2D eigenvalue weighted by molar-refractivity contribution is 6.26. The van der Waals surface area contributed by atoms with Crippen molar-refractivity contribution in [3.63, 3.8) is 0 Å². The summed E-state index contributed by atoms with van der Waals surface area (Å²) in [5.41, 5.74) is 5.08. The first-order chi connectivity index (χ1) is 13.6. The molecule has 0 radical (unpaired) electrons. The van der Waals surface area contributed by atoms with Gasteiger partial charge >= 0.3 is 5.97 Å². The van der Waals surface area contributed by atoms with Crippen molar-refractivity contribution in [1.82, 2.24) is 14.8 Å². The van der Waals surface area contributed by atoms with Crippen LogP contribution < -0.4 is 0 Å². The molecule has 5 nitrogen and oxygen atoms in total. The lowest BCUT2D eigenvalue weighted by Gasteiger charge is -2.33. The zero-order valence-corrected chi connectivity index (χ0v) is 15.7. The fourth-order valence-corrected chi connectivity index (χ4v) is 4.09. The third-order valence-electron chi connectivity index (χ3n) is 5.37. The summed E-state index contributed by atoms with van der Waals surface area (Å²) in [4.78, 5) is 17.6. The molecular formula is C23H19N3O2. The van der Waals surface area contributed by atoms with Crippen LogP contribution in [0, 0.1) is 12.8 Å². The maximum absolute atomic E-state index is 13.0. The number of hydrogen-bond donors (Lipinski definition) is 0. The lowest BCUT2D eigenvalue weighted by atomic mass is 9.79. The van der Waals surface area contributed by atoms with Crippen LogP contribution in [0.3, 0.4) is 0 Å². The number of esters is 1. The molecule has 2 aliphatic rings. The Bertz CT molecular complexity index is 1190. The Morgan fingerprint density at radius 2 is 1.86 bits per heavy atom. The van der Waals surface area contributed by atoms with Crippen LogP contribution in [0.5, 0.6) is 0 Å². The number of ether oxygens (including phenoxy) is 1. The third-order valence-corrected chi connectivity index (χ3v) is 5.37. The van der Waals surface area contributed by atoms with E-state index in [0.29, 0.717) is 5.57 Å². The number of aryl methyl sites for hydroxylation is 2. The van der Waals surface area contributed by atoms with E-state index < -0.39 is 0 Å². The summed E-state index contributed by atoms with van der Waals surface area (Å²) in [6.45, 7) is 1.97. The standard InChI is InChI=1S/C23H19N3O2/c1-14-18-12-16(13-24-22(18)26(2)25-14)20-17-10-6-7-11-19(17)28-23(27)21(20)15-8-4-3-5-9-15/h3-13,17,19H,1-2H3. The van der Waals surface area contributed by atoms with Crippen LogP contribution >= 0.6 is 0 Å². The van der Waals surface area contributed by atoms with Gasteiger partial charge in [-0.1, -0.05) is 48.6 Å². The second-order valence-electron chi connectivity index (χ2n) is 7.12. The molecule has 1 aliphatic carbocycles. The van der Waals surface area contributed by atoms with E-state index in [1.807, 2.05) is 68.7 Å². The number of rotatable bonds is 2. The molecule has 0 bridgehead atoms. The van der Waals surface area contributed by atoms with Crippen LogP contribution in [0.4, 0.5) is 0 Å². The summed E-state index contributed by atoms with van der Waals surface area (Å²) in [6.07, 6.45) is 9.49. The summed E-state index contributed by atoms with van der Waals surface area (Å²) >= 11 is 0. The number of pyridine rings is 1. The lowest BCUT2D eigenvalue weighted by molar-refractivity contribution is -0.141. The molecule has 0 saturated heterocycles. The highest BCUT2D eigenvalue weighted by Crippen LogP contribution is 2.42. The topological polar surface area (TPSA) is 57.0 Å². The number of carbonyl (C=O) groups is 1. The van der Waals surface area contributed by atoms with Crippen LogP contribution in [-0.2, 0) is 16.6 Å². The number of allylic oxidation sites excluding steroid dienone is 2. The average molecular weight is 369 g/mol. The Hall–Kier alpha value is -3.47. The van der Waals surface area contributed by atoms with E-state index in [4.69, 9.17) is 4.74 Å². The Balaban J connectivity index is 1.80. The number of nitrogens with zero attached hydrogens (tertiary/aromatic N) is 3. The Kier molecular flexibility index (Phi) is 3.76. The molecule has 1 aliphatic heterocycles. The smallest absolute Gasteiger partial charge is 0.339 e. The van der Waals surface area contributed by atoms with Gasteiger partial charge in [-0.3, -0.25) is 4.68 Å². The summed E-state index contributed by atoms with van der Waals surface area (Å²) in [6, 6.07) is 11.8. The average Bonchev–Trinajstić information content (AvgIpc) is 3.00. The second kappa shape index (κ2) is 6.30. The van der Waals surface area contributed by atoms with Gasteiger partial charge in [0, 0.05) is 24.5 Å². The summed E-state index contributed by atoms with van der Waals surface area (Å²) in [7, 11) is 1.89. The highest BCUT2D eigenvalue weighted by atomic mass is 16.5. The van der Waals surface area contributed by atoms with Crippen molar-refractivity contribution in [1.29, 1.82) is 0 Å². The SMILES string of the molecule is Cc1nn(C)c2ncc(C3=C(c4ccccc4)C(=O)OC4C=CC=CC34)cc12. The number of hydrogen-bond acceptors (Lipinski definition) is 4. The molecule has 0 N–H and O–H groups in total. The van der Waals surface area contributed by atoms with E-state index in [0.717, 1.165) is 33.4 Å². The first-order valence-electron chi connectivity index (χ1n) is 9.29. The zero-order chi connectivity index (χ0) is 19.3. The molecular weight excluding hydrogens is 350 g/mol. The highest BCUT2D eigenvalue weighted by Gasteiger charge is 2.37. The number of carbonyl (C=O) groups excluding carboxylic acids is 1. The predicted molar refractivity (Wildman–Crippen MR) is 108 cm³/mol. The summed E-state index contributed by atoms with van der Waals surface area (Å²) < 4.78 is 7.53. The van der Waals surface area contributed by atoms with E-state index in [2.05, 4.69) is 22.2 Å². The predicted octanol–water partition coefficient (Wildman–Crippen LogP) is 3.86. The molecule has 2 atom stereocenters. The molecule has 28 heavy (non-hydrogen) atoms. The molecule has 2 unspecified atom stereocenters. The minimum absolute atomic E-state index is 0.0471. The van der Waals surface area contributed by atoms with Crippen molar-refractivity contribution >= 4 is 28.1 Å².